The highest BCUT2D eigenvalue weighted by molar-refractivity contribution is 7.92. The van der Waals surface area contributed by atoms with Crippen molar-refractivity contribution in [2.75, 3.05) is 17.7 Å². The molecule has 6 nitrogen and oxygen atoms in total. The zero-order valence-corrected chi connectivity index (χ0v) is 18.7. The third-order valence-corrected chi connectivity index (χ3v) is 6.22. The van der Waals surface area contributed by atoms with Crippen LogP contribution in [0.4, 0.5) is 5.69 Å². The molecule has 29 heavy (non-hydrogen) atoms. The maximum absolute atomic E-state index is 13.1. The van der Waals surface area contributed by atoms with Crippen LogP contribution in [0.15, 0.2) is 42.5 Å². The maximum Gasteiger partial charge on any atom is 0.244 e. The number of hydrogen-bond donors (Lipinski definition) is 1. The topological polar surface area (TPSA) is 75.7 Å². The number of carbonyl (C=O) groups excluding carboxylic acids is 1. The first-order chi connectivity index (χ1) is 13.6. The molecule has 2 aromatic rings. The highest BCUT2D eigenvalue weighted by Crippen LogP contribution is 2.27. The molecule has 0 aromatic heterocycles. The van der Waals surface area contributed by atoms with Crippen molar-refractivity contribution in [1.82, 2.24) is 5.32 Å². The van der Waals surface area contributed by atoms with E-state index in [0.717, 1.165) is 22.9 Å². The summed E-state index contributed by atoms with van der Waals surface area (Å²) in [5.41, 5.74) is 3.34. The Balaban J connectivity index is 2.36. The summed E-state index contributed by atoms with van der Waals surface area (Å²) < 4.78 is 31.8. The summed E-state index contributed by atoms with van der Waals surface area (Å²) in [5, 5.41) is 2.95. The number of carbonyl (C=O) groups is 1. The first-order valence-corrected chi connectivity index (χ1v) is 11.4. The van der Waals surface area contributed by atoms with Gasteiger partial charge in [-0.05, 0) is 56.5 Å². The number of hydrogen-bond acceptors (Lipinski definition) is 4. The van der Waals surface area contributed by atoms with Gasteiger partial charge in [-0.2, -0.15) is 0 Å². The lowest BCUT2D eigenvalue weighted by Gasteiger charge is -2.31. The number of nitrogens with zero attached hydrogens (tertiary/aromatic N) is 1. The molecule has 2 aromatic carbocycles. The van der Waals surface area contributed by atoms with Gasteiger partial charge in [-0.3, -0.25) is 9.10 Å². The monoisotopic (exact) mass is 418 g/mol. The van der Waals surface area contributed by atoms with E-state index in [1.54, 1.807) is 26.2 Å². The van der Waals surface area contributed by atoms with Gasteiger partial charge in [0.05, 0.1) is 25.1 Å². The van der Waals surface area contributed by atoms with Crippen LogP contribution >= 0.6 is 0 Å². The second-order valence-corrected chi connectivity index (χ2v) is 9.08. The van der Waals surface area contributed by atoms with Crippen molar-refractivity contribution < 1.29 is 17.9 Å². The van der Waals surface area contributed by atoms with Crippen LogP contribution in [-0.4, -0.2) is 33.7 Å². The first-order valence-electron chi connectivity index (χ1n) is 9.60. The summed E-state index contributed by atoms with van der Waals surface area (Å²) in [6, 6.07) is 11.6. The number of anilines is 1. The number of aryl methyl sites for hydroxylation is 2. The second-order valence-electron chi connectivity index (χ2n) is 7.22. The molecule has 1 N–H and O–H groups in total. The molecule has 2 atom stereocenters. The van der Waals surface area contributed by atoms with Crippen molar-refractivity contribution in [2.45, 2.75) is 46.2 Å². The summed E-state index contributed by atoms with van der Waals surface area (Å²) >= 11 is 0. The van der Waals surface area contributed by atoms with Crippen LogP contribution in [0.5, 0.6) is 5.75 Å². The number of benzene rings is 2. The van der Waals surface area contributed by atoms with Crippen molar-refractivity contribution in [3.63, 3.8) is 0 Å². The van der Waals surface area contributed by atoms with Crippen LogP contribution in [0.2, 0.25) is 0 Å². The van der Waals surface area contributed by atoms with Gasteiger partial charge in [-0.15, -0.1) is 0 Å². The molecule has 0 bridgehead atoms. The van der Waals surface area contributed by atoms with Gasteiger partial charge in [0, 0.05) is 5.56 Å². The largest absolute Gasteiger partial charge is 0.496 e. The number of sulfonamides is 1. The van der Waals surface area contributed by atoms with Crippen LogP contribution in [0.1, 0.15) is 43.0 Å². The average Bonchev–Trinajstić information content (AvgIpc) is 2.67. The molecule has 0 saturated carbocycles. The predicted molar refractivity (Wildman–Crippen MR) is 117 cm³/mol. The number of amides is 1. The fourth-order valence-corrected chi connectivity index (χ4v) is 4.54. The van der Waals surface area contributed by atoms with Crippen molar-refractivity contribution >= 4 is 21.6 Å². The molecule has 0 aliphatic heterocycles. The zero-order valence-electron chi connectivity index (χ0n) is 17.9. The van der Waals surface area contributed by atoms with Crippen molar-refractivity contribution in [3.8, 4) is 5.75 Å². The van der Waals surface area contributed by atoms with E-state index in [0.29, 0.717) is 17.9 Å². The van der Waals surface area contributed by atoms with E-state index >= 15 is 0 Å². The highest BCUT2D eigenvalue weighted by Gasteiger charge is 2.32. The lowest BCUT2D eigenvalue weighted by Crippen LogP contribution is -2.49. The van der Waals surface area contributed by atoms with Crippen LogP contribution in [-0.2, 0) is 14.8 Å². The minimum absolute atomic E-state index is 0.338. The lowest BCUT2D eigenvalue weighted by atomic mass is 10.1. The van der Waals surface area contributed by atoms with Crippen molar-refractivity contribution in [3.05, 3.63) is 59.2 Å². The Kier molecular flexibility index (Phi) is 7.30. The number of rotatable bonds is 8. The van der Waals surface area contributed by atoms with Crippen LogP contribution < -0.4 is 14.4 Å². The van der Waals surface area contributed by atoms with Gasteiger partial charge < -0.3 is 10.1 Å². The van der Waals surface area contributed by atoms with Gasteiger partial charge in [-0.25, -0.2) is 8.42 Å². The number of methoxy groups -OCH3 is 1. The molecular formula is C22H30N2O4S. The quantitative estimate of drug-likeness (QED) is 0.709. The highest BCUT2D eigenvalue weighted by atomic mass is 32.2. The molecule has 0 heterocycles. The Morgan fingerprint density at radius 3 is 2.34 bits per heavy atom. The SMILES string of the molecule is CC[C@@H](C(=O)N[C@@H](C)c1ccccc1OC)N(c1ccc(C)c(C)c1)S(C)(=O)=O. The Morgan fingerprint density at radius 1 is 1.14 bits per heavy atom. The molecule has 158 valence electrons. The van der Waals surface area contributed by atoms with E-state index in [4.69, 9.17) is 4.74 Å². The van der Waals surface area contributed by atoms with Gasteiger partial charge >= 0.3 is 0 Å². The summed E-state index contributed by atoms with van der Waals surface area (Å²) in [4.78, 5) is 13.1. The second kappa shape index (κ2) is 9.31. The first kappa shape index (κ1) is 22.7. The molecule has 0 aliphatic rings. The predicted octanol–water partition coefficient (Wildman–Crippen LogP) is 3.73. The van der Waals surface area contributed by atoms with Crippen LogP contribution in [0, 0.1) is 13.8 Å². The van der Waals surface area contributed by atoms with E-state index in [9.17, 15) is 13.2 Å². The molecule has 0 saturated heterocycles. The minimum Gasteiger partial charge on any atom is -0.496 e. The van der Waals surface area contributed by atoms with Gasteiger partial charge in [0.25, 0.3) is 0 Å². The minimum atomic E-state index is -3.67. The van der Waals surface area contributed by atoms with E-state index in [1.807, 2.05) is 51.1 Å². The van der Waals surface area contributed by atoms with Gasteiger partial charge in [-0.1, -0.05) is 31.2 Å². The van der Waals surface area contributed by atoms with Gasteiger partial charge in [0.2, 0.25) is 15.9 Å². The fourth-order valence-electron chi connectivity index (χ4n) is 3.33. The van der Waals surface area contributed by atoms with Gasteiger partial charge in [0.15, 0.2) is 0 Å². The summed E-state index contributed by atoms with van der Waals surface area (Å²) in [6.45, 7) is 7.54. The third-order valence-electron chi connectivity index (χ3n) is 5.04. The Morgan fingerprint density at radius 2 is 1.79 bits per heavy atom. The summed E-state index contributed by atoms with van der Waals surface area (Å²) in [5.74, 6) is 0.317. The molecule has 0 spiro atoms. The fraction of sp³-hybridized carbons (Fsp3) is 0.409. The molecule has 0 unspecified atom stereocenters. The number of ether oxygens (including phenoxy) is 1. The summed E-state index contributed by atoms with van der Waals surface area (Å²) in [7, 11) is -2.09. The standard InChI is InChI=1S/C22H30N2O4S/c1-7-20(22(25)23-17(4)19-10-8-9-11-21(19)28-5)24(29(6,26)27)18-13-12-15(2)16(3)14-18/h8-14,17,20H,7H2,1-6H3,(H,23,25)/t17-,20-/m0/s1. The molecular weight excluding hydrogens is 388 g/mol. The molecule has 2 rings (SSSR count). The van der Waals surface area contributed by atoms with Crippen molar-refractivity contribution in [1.29, 1.82) is 0 Å². The average molecular weight is 419 g/mol. The Bertz CT molecular complexity index is 973. The van der Waals surface area contributed by atoms with E-state index < -0.39 is 16.1 Å². The Hall–Kier alpha value is -2.54. The lowest BCUT2D eigenvalue weighted by molar-refractivity contribution is -0.122. The van der Waals surface area contributed by atoms with Crippen LogP contribution in [0.25, 0.3) is 0 Å². The molecule has 0 aliphatic carbocycles. The van der Waals surface area contributed by atoms with Crippen molar-refractivity contribution in [2.24, 2.45) is 0 Å². The molecule has 7 heteroatoms. The Labute approximate surface area is 173 Å². The zero-order chi connectivity index (χ0) is 21.8. The molecule has 1 amide bonds. The smallest absolute Gasteiger partial charge is 0.244 e. The van der Waals surface area contributed by atoms with E-state index in [2.05, 4.69) is 5.32 Å². The maximum atomic E-state index is 13.1. The van der Waals surface area contributed by atoms with E-state index in [1.165, 1.54) is 4.31 Å². The molecule has 0 radical (unpaired) electrons. The number of nitrogens with one attached hydrogen (secondary N) is 1. The number of para-hydroxylation sites is 1. The van der Waals surface area contributed by atoms with Crippen LogP contribution in [0.3, 0.4) is 0 Å². The van der Waals surface area contributed by atoms with Gasteiger partial charge in [0.1, 0.15) is 11.8 Å². The summed E-state index contributed by atoms with van der Waals surface area (Å²) in [6.07, 6.45) is 1.46. The third kappa shape index (κ3) is 5.29. The normalized spacial score (nSPS) is 13.4. The van der Waals surface area contributed by atoms with E-state index in [-0.39, 0.29) is 11.9 Å². The molecule has 0 fully saturated rings.